The van der Waals surface area contributed by atoms with Gasteiger partial charge in [-0.3, -0.25) is 0 Å². The van der Waals surface area contributed by atoms with Crippen molar-refractivity contribution in [1.82, 2.24) is 0 Å². The molecule has 0 aliphatic rings. The second-order valence-electron chi connectivity index (χ2n) is 3.74. The van der Waals surface area contributed by atoms with Gasteiger partial charge >= 0.3 is 103 Å². The first kappa shape index (κ1) is 12.7. The zero-order chi connectivity index (χ0) is 11.1. The van der Waals surface area contributed by atoms with Crippen LogP contribution < -0.4 is 0 Å². The van der Waals surface area contributed by atoms with E-state index in [1.54, 1.807) is 0 Å². The van der Waals surface area contributed by atoms with Gasteiger partial charge in [0.15, 0.2) is 0 Å². The Labute approximate surface area is 102 Å². The fraction of sp³-hybridized carbons (Fsp3) is 0.462. The molecule has 0 aromatic heterocycles. The molecular weight excluding hydrogens is 300 g/mol. The summed E-state index contributed by atoms with van der Waals surface area (Å²) >= 11 is -0.391. The maximum atomic E-state index is 11.6. The molecule has 0 N–H and O–H groups in total. The third-order valence-corrected chi connectivity index (χ3v) is 4.97. The summed E-state index contributed by atoms with van der Waals surface area (Å²) in [5.41, 5.74) is 2.43. The Hall–Kier alpha value is -0.320. The Bertz CT molecular complexity index is 303. The second kappa shape index (κ2) is 7.04. The van der Waals surface area contributed by atoms with E-state index in [-0.39, 0.29) is 0 Å². The van der Waals surface area contributed by atoms with Crippen LogP contribution in [0.15, 0.2) is 24.3 Å². The van der Waals surface area contributed by atoms with Gasteiger partial charge in [0.25, 0.3) is 0 Å². The number of aryl methyl sites for hydroxylation is 1. The molecule has 0 saturated heterocycles. The van der Waals surface area contributed by atoms with Gasteiger partial charge in [0.1, 0.15) is 0 Å². The predicted octanol–water partition coefficient (Wildman–Crippen LogP) is 2.99. The second-order valence-corrected chi connectivity index (χ2v) is 7.03. The maximum absolute atomic E-state index is 11.6. The van der Waals surface area contributed by atoms with Gasteiger partial charge < -0.3 is 0 Å². The van der Waals surface area contributed by atoms with Gasteiger partial charge in [0, 0.05) is 0 Å². The Morgan fingerprint density at radius 2 is 1.93 bits per heavy atom. The van der Waals surface area contributed by atoms with Gasteiger partial charge in [-0.25, -0.2) is 0 Å². The molecule has 1 nitrogen and oxygen atoms in total. The summed E-state index contributed by atoms with van der Waals surface area (Å²) in [7, 11) is 0. The van der Waals surface area contributed by atoms with Gasteiger partial charge in [-0.15, -0.1) is 0 Å². The number of carbonyl (C=O) groups excluding carboxylic acids is 1. The molecule has 2 heteroatoms. The molecule has 0 unspecified atom stereocenters. The number of hydrogen-bond acceptors (Lipinski definition) is 1. The van der Waals surface area contributed by atoms with Crippen LogP contribution in [-0.4, -0.2) is 24.8 Å². The van der Waals surface area contributed by atoms with Gasteiger partial charge in [0.2, 0.25) is 0 Å². The van der Waals surface area contributed by atoms with E-state index in [2.05, 4.69) is 38.1 Å². The van der Waals surface area contributed by atoms with E-state index in [0.29, 0.717) is 10.3 Å². The molecule has 15 heavy (non-hydrogen) atoms. The van der Waals surface area contributed by atoms with Gasteiger partial charge in [0.05, 0.1) is 0 Å². The summed E-state index contributed by atoms with van der Waals surface area (Å²) in [5, 5.41) is 0. The molecule has 0 radical (unpaired) electrons. The van der Waals surface area contributed by atoms with E-state index < -0.39 is 20.9 Å². The first-order valence-electron chi connectivity index (χ1n) is 5.43. The first-order chi connectivity index (χ1) is 7.22. The Kier molecular flexibility index (Phi) is 5.98. The van der Waals surface area contributed by atoms with Crippen LogP contribution in [-0.2, 0) is 11.2 Å². The third kappa shape index (κ3) is 5.35. The Morgan fingerprint density at radius 3 is 2.53 bits per heavy atom. The minimum atomic E-state index is -0.391. The van der Waals surface area contributed by atoms with Crippen LogP contribution in [0.1, 0.15) is 30.9 Å². The molecular formula is C13H18OTe. The van der Waals surface area contributed by atoms with Crippen molar-refractivity contribution < 1.29 is 4.79 Å². The fourth-order valence-corrected chi connectivity index (χ4v) is 3.91. The van der Waals surface area contributed by atoms with E-state index in [4.69, 9.17) is 0 Å². The van der Waals surface area contributed by atoms with Gasteiger partial charge in [-0.2, -0.15) is 0 Å². The van der Waals surface area contributed by atoms with Crippen molar-refractivity contribution in [2.45, 2.75) is 37.6 Å². The van der Waals surface area contributed by atoms with Crippen LogP contribution in [0.3, 0.4) is 0 Å². The van der Waals surface area contributed by atoms with Crippen molar-refractivity contribution in [2.24, 2.45) is 0 Å². The zero-order valence-corrected chi connectivity index (χ0v) is 11.8. The van der Waals surface area contributed by atoms with Crippen LogP contribution in [0.4, 0.5) is 0 Å². The van der Waals surface area contributed by atoms with Crippen molar-refractivity contribution in [1.29, 1.82) is 0 Å². The molecule has 0 heterocycles. The van der Waals surface area contributed by atoms with Gasteiger partial charge in [-0.1, -0.05) is 0 Å². The molecule has 82 valence electrons. The van der Waals surface area contributed by atoms with Crippen molar-refractivity contribution in [2.75, 3.05) is 0 Å². The van der Waals surface area contributed by atoms with E-state index in [1.165, 1.54) is 28.4 Å². The third-order valence-electron chi connectivity index (χ3n) is 2.23. The summed E-state index contributed by atoms with van der Waals surface area (Å²) in [6.45, 7) is 4.25. The molecule has 0 fully saturated rings. The zero-order valence-electron chi connectivity index (χ0n) is 9.45. The average molecular weight is 318 g/mol. The molecule has 0 aliphatic carbocycles. The van der Waals surface area contributed by atoms with Crippen molar-refractivity contribution in [3.63, 3.8) is 0 Å². The summed E-state index contributed by atoms with van der Waals surface area (Å²) in [4.78, 5) is 11.6. The molecule has 0 aliphatic heterocycles. The summed E-state index contributed by atoms with van der Waals surface area (Å²) in [5.74, 6) is 0. The standard InChI is InChI=1S/C13H18OTe/c1-3-4-9-15-13(14)10-12-7-5-11(2)6-8-12/h5-8H,3-4,9-10H2,1-2H3. The topological polar surface area (TPSA) is 17.1 Å². The Balaban J connectivity index is 2.34. The van der Waals surface area contributed by atoms with E-state index >= 15 is 0 Å². The quantitative estimate of drug-likeness (QED) is 0.582. The number of hydrogen-bond donors (Lipinski definition) is 0. The molecule has 0 amide bonds. The van der Waals surface area contributed by atoms with Crippen molar-refractivity contribution in [3.8, 4) is 0 Å². The van der Waals surface area contributed by atoms with Crippen LogP contribution in [0.2, 0.25) is 4.47 Å². The van der Waals surface area contributed by atoms with Crippen LogP contribution >= 0.6 is 0 Å². The molecule has 0 atom stereocenters. The SMILES string of the molecule is CCCC[Te]C(=O)Cc1ccc(C)cc1. The first-order valence-corrected chi connectivity index (χ1v) is 8.25. The van der Waals surface area contributed by atoms with Crippen molar-refractivity contribution in [3.05, 3.63) is 35.4 Å². The fourth-order valence-electron chi connectivity index (χ4n) is 1.25. The minimum absolute atomic E-state index is 0.391. The summed E-state index contributed by atoms with van der Waals surface area (Å²) in [6, 6.07) is 8.30. The molecule has 0 spiro atoms. The average Bonchev–Trinajstić information content (AvgIpc) is 2.22. The van der Waals surface area contributed by atoms with E-state index in [0.717, 1.165) is 0 Å². The molecule has 1 rings (SSSR count). The predicted molar refractivity (Wildman–Crippen MR) is 65.4 cm³/mol. The number of unbranched alkanes of at least 4 members (excludes halogenated alkanes) is 1. The Morgan fingerprint density at radius 1 is 1.27 bits per heavy atom. The molecule has 1 aromatic carbocycles. The normalized spacial score (nSPS) is 10.3. The van der Waals surface area contributed by atoms with Crippen LogP contribution in [0.25, 0.3) is 0 Å². The van der Waals surface area contributed by atoms with Gasteiger partial charge in [-0.05, 0) is 0 Å². The van der Waals surface area contributed by atoms with Crippen molar-refractivity contribution >= 4 is 24.8 Å². The van der Waals surface area contributed by atoms with E-state index in [9.17, 15) is 4.79 Å². The number of benzene rings is 1. The monoisotopic (exact) mass is 320 g/mol. The number of rotatable bonds is 6. The molecule has 0 bridgehead atoms. The van der Waals surface area contributed by atoms with Crippen LogP contribution in [0, 0.1) is 6.92 Å². The molecule has 0 saturated carbocycles. The summed E-state index contributed by atoms with van der Waals surface area (Å²) in [6.07, 6.45) is 3.09. The number of carbonyl (C=O) groups is 1. The van der Waals surface area contributed by atoms with Crippen LogP contribution in [0.5, 0.6) is 0 Å². The summed E-state index contributed by atoms with van der Waals surface area (Å²) < 4.78 is 1.67. The molecule has 1 aromatic rings. The van der Waals surface area contributed by atoms with E-state index in [1.807, 2.05) is 0 Å².